The predicted octanol–water partition coefficient (Wildman–Crippen LogP) is 5.78. The van der Waals surface area contributed by atoms with E-state index in [1.807, 2.05) is 73.8 Å². The second-order valence-electron chi connectivity index (χ2n) is 11.2. The summed E-state index contributed by atoms with van der Waals surface area (Å²) < 4.78 is 13.2. The number of rotatable bonds is 12. The first-order valence-electron chi connectivity index (χ1n) is 15.3. The summed E-state index contributed by atoms with van der Waals surface area (Å²) in [5.74, 6) is 0. The summed E-state index contributed by atoms with van der Waals surface area (Å²) in [4.78, 5) is 18.6. The van der Waals surface area contributed by atoms with Crippen molar-refractivity contribution >= 4 is 6.03 Å². The smallest absolute Gasteiger partial charge is 0.315 e. The molecule has 8 nitrogen and oxygen atoms in total. The standard InChI is InChI=1S/C36H42N4O4/c1-3-37-36(42)39-23-27-8-6-9-29(20-27)30-10-7-11-31(21-30)35-43-33(24-40(2)19-17-32-12-4-5-18-38-32)22-34(44-35)28-15-13-26(25-41)14-16-28/h4-16,18,20-21,33-35,41H,3,17,19,22-25H2,1-2H3,(H2,37,39,42)/t33-,34+,35+/m0/s1. The third-order valence-electron chi connectivity index (χ3n) is 7.82. The number of aliphatic hydroxyl groups is 1. The molecule has 1 aliphatic rings. The summed E-state index contributed by atoms with van der Waals surface area (Å²) in [5.41, 5.74) is 7.09. The van der Waals surface area contributed by atoms with Gasteiger partial charge in [0, 0.05) is 56.5 Å². The highest BCUT2D eigenvalue weighted by molar-refractivity contribution is 5.74. The molecule has 2 amide bonds. The van der Waals surface area contributed by atoms with E-state index in [4.69, 9.17) is 9.47 Å². The lowest BCUT2D eigenvalue weighted by molar-refractivity contribution is -0.252. The average molecular weight is 595 g/mol. The number of ether oxygens (including phenoxy) is 2. The highest BCUT2D eigenvalue weighted by Crippen LogP contribution is 2.39. The number of aliphatic hydroxyl groups excluding tert-OH is 1. The Morgan fingerprint density at radius 2 is 1.70 bits per heavy atom. The molecule has 1 saturated heterocycles. The molecule has 1 aliphatic heterocycles. The fourth-order valence-corrected chi connectivity index (χ4v) is 5.45. The van der Waals surface area contributed by atoms with Crippen LogP contribution in [0.15, 0.2) is 97.2 Å². The van der Waals surface area contributed by atoms with E-state index in [-0.39, 0.29) is 24.8 Å². The SMILES string of the molecule is CCNC(=O)NCc1cccc(-c2cccc([C@@H]3O[C@H](CN(C)CCc4ccccn4)C[C@H](c4ccc(CO)cc4)O3)c2)c1. The normalized spacial score (nSPS) is 18.2. The number of carbonyl (C=O) groups is 1. The van der Waals surface area contributed by atoms with Crippen molar-refractivity contribution < 1.29 is 19.4 Å². The lowest BCUT2D eigenvalue weighted by Crippen LogP contribution is -2.38. The average Bonchev–Trinajstić information content (AvgIpc) is 3.07. The van der Waals surface area contributed by atoms with Gasteiger partial charge >= 0.3 is 6.03 Å². The molecule has 44 heavy (non-hydrogen) atoms. The summed E-state index contributed by atoms with van der Waals surface area (Å²) >= 11 is 0. The number of carbonyl (C=O) groups excluding carboxylic acids is 1. The highest BCUT2D eigenvalue weighted by atomic mass is 16.7. The summed E-state index contributed by atoms with van der Waals surface area (Å²) in [7, 11) is 2.12. The van der Waals surface area contributed by atoms with Crippen molar-refractivity contribution in [2.45, 2.75) is 51.4 Å². The first-order valence-corrected chi connectivity index (χ1v) is 15.3. The van der Waals surface area contributed by atoms with Crippen LogP contribution in [0.4, 0.5) is 4.79 Å². The highest BCUT2D eigenvalue weighted by Gasteiger charge is 2.33. The van der Waals surface area contributed by atoms with Gasteiger partial charge in [-0.3, -0.25) is 4.98 Å². The van der Waals surface area contributed by atoms with Crippen molar-refractivity contribution in [1.29, 1.82) is 0 Å². The number of pyridine rings is 1. The Morgan fingerprint density at radius 1 is 0.909 bits per heavy atom. The molecule has 5 rings (SSSR count). The minimum absolute atomic E-state index is 0.0111. The molecule has 1 fully saturated rings. The Morgan fingerprint density at radius 3 is 2.45 bits per heavy atom. The van der Waals surface area contributed by atoms with E-state index in [1.54, 1.807) is 0 Å². The fraction of sp³-hybridized carbons (Fsp3) is 0.333. The van der Waals surface area contributed by atoms with Crippen LogP contribution < -0.4 is 10.6 Å². The van der Waals surface area contributed by atoms with E-state index in [0.717, 1.165) is 65.0 Å². The number of hydrogen-bond acceptors (Lipinski definition) is 6. The Kier molecular flexibility index (Phi) is 11.1. The number of hydrogen-bond donors (Lipinski definition) is 3. The largest absolute Gasteiger partial charge is 0.392 e. The second kappa shape index (κ2) is 15.6. The van der Waals surface area contributed by atoms with Gasteiger partial charge in [0.05, 0.1) is 18.8 Å². The Hall–Kier alpha value is -4.08. The predicted molar refractivity (Wildman–Crippen MR) is 172 cm³/mol. The van der Waals surface area contributed by atoms with E-state index >= 15 is 0 Å². The van der Waals surface area contributed by atoms with E-state index in [0.29, 0.717) is 13.1 Å². The molecule has 0 saturated carbocycles. The molecule has 0 bridgehead atoms. The molecule has 0 aliphatic carbocycles. The van der Waals surface area contributed by atoms with E-state index in [1.165, 1.54) is 0 Å². The van der Waals surface area contributed by atoms with Gasteiger partial charge in [-0.1, -0.05) is 66.7 Å². The van der Waals surface area contributed by atoms with Crippen LogP contribution in [0, 0.1) is 0 Å². The summed E-state index contributed by atoms with van der Waals surface area (Å²) in [6, 6.07) is 30.3. The van der Waals surface area contributed by atoms with Crippen LogP contribution in [-0.2, 0) is 29.0 Å². The van der Waals surface area contributed by atoms with Gasteiger partial charge in [-0.05, 0) is 66.1 Å². The number of nitrogens with one attached hydrogen (secondary N) is 2. The minimum Gasteiger partial charge on any atom is -0.392 e. The van der Waals surface area contributed by atoms with Crippen molar-refractivity contribution in [2.24, 2.45) is 0 Å². The first kappa shape index (κ1) is 31.3. The molecule has 3 N–H and O–H groups in total. The quantitative estimate of drug-likeness (QED) is 0.193. The zero-order valence-corrected chi connectivity index (χ0v) is 25.5. The van der Waals surface area contributed by atoms with Gasteiger partial charge < -0.3 is 30.1 Å². The third kappa shape index (κ3) is 8.74. The van der Waals surface area contributed by atoms with Crippen LogP contribution in [0.3, 0.4) is 0 Å². The first-order chi connectivity index (χ1) is 21.5. The van der Waals surface area contributed by atoms with Crippen molar-refractivity contribution in [3.8, 4) is 11.1 Å². The zero-order chi connectivity index (χ0) is 30.7. The minimum atomic E-state index is -0.539. The van der Waals surface area contributed by atoms with E-state index < -0.39 is 6.29 Å². The lowest BCUT2D eigenvalue weighted by Gasteiger charge is -2.38. The lowest BCUT2D eigenvalue weighted by atomic mass is 9.98. The Bertz CT molecular complexity index is 1480. The van der Waals surface area contributed by atoms with Crippen LogP contribution in [0.5, 0.6) is 0 Å². The molecule has 2 heterocycles. The monoisotopic (exact) mass is 594 g/mol. The van der Waals surface area contributed by atoms with Crippen molar-refractivity contribution in [1.82, 2.24) is 20.5 Å². The molecular weight excluding hydrogens is 552 g/mol. The van der Waals surface area contributed by atoms with Crippen molar-refractivity contribution in [2.75, 3.05) is 26.7 Å². The number of amides is 2. The summed E-state index contributed by atoms with van der Waals surface area (Å²) in [6.07, 6.45) is 2.70. The molecule has 0 radical (unpaired) electrons. The summed E-state index contributed by atoms with van der Waals surface area (Å²) in [6.45, 7) is 4.57. The maximum atomic E-state index is 11.9. The van der Waals surface area contributed by atoms with Gasteiger partial charge in [-0.25, -0.2) is 4.79 Å². The van der Waals surface area contributed by atoms with Gasteiger partial charge in [-0.2, -0.15) is 0 Å². The number of aromatic nitrogens is 1. The van der Waals surface area contributed by atoms with Gasteiger partial charge in [0.1, 0.15) is 0 Å². The van der Waals surface area contributed by atoms with Crippen LogP contribution in [0.1, 0.15) is 53.7 Å². The molecule has 8 heteroatoms. The number of benzene rings is 3. The number of nitrogens with zero attached hydrogens (tertiary/aromatic N) is 2. The second-order valence-corrected chi connectivity index (χ2v) is 11.2. The summed E-state index contributed by atoms with van der Waals surface area (Å²) in [5, 5.41) is 15.2. The van der Waals surface area contributed by atoms with Crippen LogP contribution in [-0.4, -0.2) is 53.8 Å². The maximum Gasteiger partial charge on any atom is 0.315 e. The van der Waals surface area contributed by atoms with Crippen LogP contribution >= 0.6 is 0 Å². The molecule has 3 atom stereocenters. The van der Waals surface area contributed by atoms with Gasteiger partial charge in [0.2, 0.25) is 0 Å². The molecule has 1 aromatic heterocycles. The fourth-order valence-electron chi connectivity index (χ4n) is 5.45. The van der Waals surface area contributed by atoms with Gasteiger partial charge in [0.25, 0.3) is 0 Å². The number of urea groups is 1. The topological polar surface area (TPSA) is 96.0 Å². The molecule has 0 unspecified atom stereocenters. The Labute approximate surface area is 260 Å². The zero-order valence-electron chi connectivity index (χ0n) is 25.5. The molecular formula is C36H42N4O4. The molecule has 0 spiro atoms. The maximum absolute atomic E-state index is 11.9. The molecule has 230 valence electrons. The van der Waals surface area contributed by atoms with Crippen molar-refractivity contribution in [3.63, 3.8) is 0 Å². The van der Waals surface area contributed by atoms with Crippen LogP contribution in [0.25, 0.3) is 11.1 Å². The Balaban J connectivity index is 1.33. The van der Waals surface area contributed by atoms with Gasteiger partial charge in [0.15, 0.2) is 6.29 Å². The number of likely N-dealkylation sites (N-methyl/N-ethyl adjacent to an activating group) is 1. The van der Waals surface area contributed by atoms with E-state index in [2.05, 4.69) is 57.9 Å². The third-order valence-corrected chi connectivity index (χ3v) is 7.82. The molecule has 4 aromatic rings. The van der Waals surface area contributed by atoms with Crippen LogP contribution in [0.2, 0.25) is 0 Å². The molecule has 3 aromatic carbocycles. The van der Waals surface area contributed by atoms with Gasteiger partial charge in [-0.15, -0.1) is 0 Å². The van der Waals surface area contributed by atoms with Crippen molar-refractivity contribution in [3.05, 3.63) is 125 Å². The van der Waals surface area contributed by atoms with E-state index in [9.17, 15) is 9.90 Å².